The molecule has 0 aliphatic carbocycles. The predicted molar refractivity (Wildman–Crippen MR) is 59.4 cm³/mol. The fourth-order valence-corrected chi connectivity index (χ4v) is 1.78. The van der Waals surface area contributed by atoms with Gasteiger partial charge in [-0.05, 0) is 16.3 Å². The van der Waals surface area contributed by atoms with Gasteiger partial charge in [-0.25, -0.2) is 0 Å². The van der Waals surface area contributed by atoms with Crippen molar-refractivity contribution >= 4 is 10.8 Å². The molecule has 2 aromatic rings. The molecule has 0 saturated heterocycles. The van der Waals surface area contributed by atoms with Crippen molar-refractivity contribution in [3.63, 3.8) is 0 Å². The van der Waals surface area contributed by atoms with Gasteiger partial charge in [-0.15, -0.1) is 0 Å². The SMILES string of the molecule is C[C@H](CO)c1cccc2ccccc12. The van der Waals surface area contributed by atoms with Gasteiger partial charge in [0.2, 0.25) is 0 Å². The van der Waals surface area contributed by atoms with Gasteiger partial charge in [0.05, 0.1) is 0 Å². The lowest BCUT2D eigenvalue weighted by Gasteiger charge is -2.11. The highest BCUT2D eigenvalue weighted by Crippen LogP contribution is 2.24. The molecule has 0 fully saturated rings. The van der Waals surface area contributed by atoms with Crippen LogP contribution >= 0.6 is 0 Å². The van der Waals surface area contributed by atoms with Gasteiger partial charge in [0.15, 0.2) is 0 Å². The molecule has 0 radical (unpaired) electrons. The first kappa shape index (κ1) is 9.22. The fourth-order valence-electron chi connectivity index (χ4n) is 1.78. The van der Waals surface area contributed by atoms with Crippen molar-refractivity contribution in [2.45, 2.75) is 12.8 Å². The monoisotopic (exact) mass is 186 g/mol. The van der Waals surface area contributed by atoms with Crippen molar-refractivity contribution in [3.05, 3.63) is 48.0 Å². The maximum Gasteiger partial charge on any atom is 0.0497 e. The molecule has 1 N–H and O–H groups in total. The van der Waals surface area contributed by atoms with Crippen molar-refractivity contribution in [2.75, 3.05) is 6.61 Å². The average Bonchev–Trinajstić information content (AvgIpc) is 2.27. The van der Waals surface area contributed by atoms with E-state index in [-0.39, 0.29) is 12.5 Å². The zero-order valence-electron chi connectivity index (χ0n) is 8.27. The summed E-state index contributed by atoms with van der Waals surface area (Å²) < 4.78 is 0. The van der Waals surface area contributed by atoms with E-state index in [0.717, 1.165) is 0 Å². The Bertz CT molecular complexity index is 429. The van der Waals surface area contributed by atoms with Crippen LogP contribution < -0.4 is 0 Å². The fraction of sp³-hybridized carbons (Fsp3) is 0.231. The molecule has 0 spiro atoms. The molecule has 72 valence electrons. The molecule has 2 rings (SSSR count). The second-order valence-electron chi connectivity index (χ2n) is 3.65. The molecule has 2 aromatic carbocycles. The average molecular weight is 186 g/mol. The second kappa shape index (κ2) is 3.81. The Hall–Kier alpha value is -1.34. The Morgan fingerprint density at radius 1 is 1.07 bits per heavy atom. The number of fused-ring (bicyclic) bond motifs is 1. The number of aliphatic hydroxyl groups is 1. The van der Waals surface area contributed by atoms with Gasteiger partial charge in [-0.2, -0.15) is 0 Å². The van der Waals surface area contributed by atoms with E-state index in [1.54, 1.807) is 0 Å². The normalized spacial score (nSPS) is 13.0. The minimum atomic E-state index is 0.202. The zero-order valence-corrected chi connectivity index (χ0v) is 8.27. The number of hydrogen-bond acceptors (Lipinski definition) is 1. The zero-order chi connectivity index (χ0) is 9.97. The van der Waals surface area contributed by atoms with E-state index < -0.39 is 0 Å². The molecule has 1 nitrogen and oxygen atoms in total. The molecule has 0 aromatic heterocycles. The minimum absolute atomic E-state index is 0.202. The summed E-state index contributed by atoms with van der Waals surface area (Å²) in [5, 5.41) is 11.6. The first-order valence-electron chi connectivity index (χ1n) is 4.91. The molecule has 0 amide bonds. The first-order valence-corrected chi connectivity index (χ1v) is 4.91. The summed E-state index contributed by atoms with van der Waals surface area (Å²) in [7, 11) is 0. The van der Waals surface area contributed by atoms with E-state index in [1.165, 1.54) is 16.3 Å². The molecule has 0 heterocycles. The van der Waals surface area contributed by atoms with Crippen molar-refractivity contribution in [2.24, 2.45) is 0 Å². The van der Waals surface area contributed by atoms with E-state index >= 15 is 0 Å². The summed E-state index contributed by atoms with van der Waals surface area (Å²) in [4.78, 5) is 0. The van der Waals surface area contributed by atoms with Gasteiger partial charge in [0, 0.05) is 12.5 Å². The summed E-state index contributed by atoms with van der Waals surface area (Å²) in [6.45, 7) is 2.25. The maximum absolute atomic E-state index is 9.15. The molecule has 0 saturated carbocycles. The maximum atomic E-state index is 9.15. The van der Waals surface area contributed by atoms with Crippen LogP contribution in [0.4, 0.5) is 0 Å². The summed E-state index contributed by atoms with van der Waals surface area (Å²) in [6, 6.07) is 14.5. The van der Waals surface area contributed by atoms with E-state index in [9.17, 15) is 0 Å². The van der Waals surface area contributed by atoms with Gasteiger partial charge >= 0.3 is 0 Å². The van der Waals surface area contributed by atoms with Gasteiger partial charge < -0.3 is 5.11 Å². The van der Waals surface area contributed by atoms with Crippen LogP contribution in [-0.4, -0.2) is 11.7 Å². The van der Waals surface area contributed by atoms with Gasteiger partial charge in [-0.1, -0.05) is 49.4 Å². The third kappa shape index (κ3) is 1.51. The number of aliphatic hydroxyl groups excluding tert-OH is 1. The van der Waals surface area contributed by atoms with Crippen molar-refractivity contribution in [3.8, 4) is 0 Å². The summed E-state index contributed by atoms with van der Waals surface area (Å²) in [5.74, 6) is 0.209. The van der Waals surface area contributed by atoms with Crippen LogP contribution in [0.2, 0.25) is 0 Å². The Morgan fingerprint density at radius 3 is 2.57 bits per heavy atom. The van der Waals surface area contributed by atoms with Crippen LogP contribution in [0, 0.1) is 0 Å². The molecular weight excluding hydrogens is 172 g/mol. The highest BCUT2D eigenvalue weighted by Gasteiger charge is 2.06. The lowest BCUT2D eigenvalue weighted by atomic mass is 9.95. The molecule has 1 heteroatoms. The standard InChI is InChI=1S/C13H14O/c1-10(9-14)12-8-4-6-11-5-2-3-7-13(11)12/h2-8,10,14H,9H2,1H3/t10-/m1/s1. The third-order valence-electron chi connectivity index (χ3n) is 2.63. The Balaban J connectivity index is 2.65. The van der Waals surface area contributed by atoms with Crippen LogP contribution in [0.3, 0.4) is 0 Å². The van der Waals surface area contributed by atoms with E-state index in [1.807, 2.05) is 25.1 Å². The second-order valence-corrected chi connectivity index (χ2v) is 3.65. The van der Waals surface area contributed by atoms with Crippen LogP contribution in [0.1, 0.15) is 18.4 Å². The van der Waals surface area contributed by atoms with Gasteiger partial charge in [0.1, 0.15) is 0 Å². The quantitative estimate of drug-likeness (QED) is 0.764. The van der Waals surface area contributed by atoms with E-state index in [0.29, 0.717) is 0 Å². The highest BCUT2D eigenvalue weighted by atomic mass is 16.3. The lowest BCUT2D eigenvalue weighted by molar-refractivity contribution is 0.273. The molecule has 0 bridgehead atoms. The molecule has 1 atom stereocenters. The van der Waals surface area contributed by atoms with Crippen molar-refractivity contribution in [1.29, 1.82) is 0 Å². The molecule has 0 aliphatic heterocycles. The Labute approximate surface area is 84.0 Å². The highest BCUT2D eigenvalue weighted by molar-refractivity contribution is 5.86. The van der Waals surface area contributed by atoms with E-state index in [2.05, 4.69) is 24.3 Å². The molecule has 14 heavy (non-hydrogen) atoms. The molecule has 0 unspecified atom stereocenters. The van der Waals surface area contributed by atoms with Crippen LogP contribution in [0.5, 0.6) is 0 Å². The van der Waals surface area contributed by atoms with Crippen LogP contribution in [0.15, 0.2) is 42.5 Å². The smallest absolute Gasteiger partial charge is 0.0497 e. The van der Waals surface area contributed by atoms with Crippen molar-refractivity contribution < 1.29 is 5.11 Å². The van der Waals surface area contributed by atoms with Crippen molar-refractivity contribution in [1.82, 2.24) is 0 Å². The number of rotatable bonds is 2. The molecule has 0 aliphatic rings. The largest absolute Gasteiger partial charge is 0.396 e. The summed E-state index contributed by atoms with van der Waals surface area (Å²) >= 11 is 0. The first-order chi connectivity index (χ1) is 6.83. The number of benzene rings is 2. The Kier molecular flexibility index (Phi) is 2.51. The summed E-state index contributed by atoms with van der Waals surface area (Å²) in [6.07, 6.45) is 0. The predicted octanol–water partition coefficient (Wildman–Crippen LogP) is 2.94. The van der Waals surface area contributed by atoms with Crippen LogP contribution in [-0.2, 0) is 0 Å². The number of hydrogen-bond donors (Lipinski definition) is 1. The van der Waals surface area contributed by atoms with Gasteiger partial charge in [-0.3, -0.25) is 0 Å². The molecular formula is C13H14O. The minimum Gasteiger partial charge on any atom is -0.396 e. The summed E-state index contributed by atoms with van der Waals surface area (Å²) in [5.41, 5.74) is 1.23. The van der Waals surface area contributed by atoms with E-state index in [4.69, 9.17) is 5.11 Å². The topological polar surface area (TPSA) is 20.2 Å². The Morgan fingerprint density at radius 2 is 1.79 bits per heavy atom. The van der Waals surface area contributed by atoms with Crippen LogP contribution in [0.25, 0.3) is 10.8 Å². The third-order valence-corrected chi connectivity index (χ3v) is 2.63. The van der Waals surface area contributed by atoms with Gasteiger partial charge in [0.25, 0.3) is 0 Å². The lowest BCUT2D eigenvalue weighted by Crippen LogP contribution is -1.99.